The third-order valence-corrected chi connectivity index (χ3v) is 3.72. The number of carbonyl (C=O) groups excluding carboxylic acids is 2. The Morgan fingerprint density at radius 3 is 2.36 bits per heavy atom. The van der Waals surface area contributed by atoms with Gasteiger partial charge >= 0.3 is 12.1 Å². The summed E-state index contributed by atoms with van der Waals surface area (Å²) in [6.07, 6.45) is -2.25. The summed E-state index contributed by atoms with van der Waals surface area (Å²) in [5.74, 6) is -1.51. The minimum atomic E-state index is -4.45. The summed E-state index contributed by atoms with van der Waals surface area (Å²) < 4.78 is 42.2. The van der Waals surface area contributed by atoms with E-state index in [1.54, 1.807) is 0 Å². The number of rotatable bonds is 6. The van der Waals surface area contributed by atoms with Gasteiger partial charge in [0.25, 0.3) is 5.69 Å². The van der Waals surface area contributed by atoms with Crippen LogP contribution in [0.5, 0.6) is 0 Å². The van der Waals surface area contributed by atoms with Crippen LogP contribution >= 0.6 is 0 Å². The number of ether oxygens (including phenoxy) is 1. The first-order chi connectivity index (χ1) is 13.1. The number of hydrogen-bond donors (Lipinski definition) is 0. The van der Waals surface area contributed by atoms with Crippen molar-refractivity contribution in [1.82, 2.24) is 0 Å². The molecule has 0 bridgehead atoms. The van der Waals surface area contributed by atoms with Crippen LogP contribution in [0, 0.1) is 17.0 Å². The molecule has 2 aromatic rings. The summed E-state index contributed by atoms with van der Waals surface area (Å²) in [6, 6.07) is 8.02. The van der Waals surface area contributed by atoms with Crippen molar-refractivity contribution in [2.45, 2.75) is 13.1 Å². The average molecular weight is 393 g/mol. The third kappa shape index (κ3) is 5.50. The van der Waals surface area contributed by atoms with Gasteiger partial charge < -0.3 is 4.74 Å². The van der Waals surface area contributed by atoms with Crippen LogP contribution in [0.15, 0.2) is 48.5 Å². The number of nitro groups is 1. The first kappa shape index (κ1) is 20.8. The molecule has 0 aliphatic rings. The fourth-order valence-electron chi connectivity index (χ4n) is 2.20. The number of carbonyl (C=O) groups is 2. The predicted molar refractivity (Wildman–Crippen MR) is 93.6 cm³/mol. The third-order valence-electron chi connectivity index (χ3n) is 3.72. The summed E-state index contributed by atoms with van der Waals surface area (Å²) in [5.41, 5.74) is -0.287. The second-order valence-corrected chi connectivity index (χ2v) is 5.74. The van der Waals surface area contributed by atoms with E-state index in [1.165, 1.54) is 37.3 Å². The highest BCUT2D eigenvalue weighted by Gasteiger charge is 2.29. The Bertz CT molecular complexity index is 934. The molecule has 0 aliphatic carbocycles. The fraction of sp³-hybridized carbons (Fsp3) is 0.158. The number of ketones is 1. The summed E-state index contributed by atoms with van der Waals surface area (Å²) in [4.78, 5) is 33.9. The number of nitrogens with zero attached hydrogens (tertiary/aromatic N) is 1. The van der Waals surface area contributed by atoms with Gasteiger partial charge in [0.1, 0.15) is 0 Å². The maximum absolute atomic E-state index is 12.5. The molecule has 0 spiro atoms. The zero-order valence-electron chi connectivity index (χ0n) is 14.5. The number of nitro benzene ring substituents is 1. The quantitative estimate of drug-likeness (QED) is 0.239. The first-order valence-corrected chi connectivity index (χ1v) is 7.88. The number of alkyl halides is 3. The van der Waals surface area contributed by atoms with Gasteiger partial charge in [-0.2, -0.15) is 13.2 Å². The van der Waals surface area contributed by atoms with E-state index in [2.05, 4.69) is 0 Å². The Hall–Kier alpha value is -3.49. The lowest BCUT2D eigenvalue weighted by molar-refractivity contribution is -0.385. The largest absolute Gasteiger partial charge is 0.454 e. The molecular formula is C19H14F3NO5. The standard InChI is InChI=1S/C19H14F3NO5/c1-12-2-6-14(10-16(12)23(26)27)17(24)11-28-18(25)9-5-13-3-7-15(8-4-13)19(20,21)22/h2-10H,11H2,1H3/b9-5+. The molecule has 0 radical (unpaired) electrons. The molecule has 0 aliphatic heterocycles. The van der Waals surface area contributed by atoms with E-state index in [-0.39, 0.29) is 11.3 Å². The molecular weight excluding hydrogens is 379 g/mol. The lowest BCUT2D eigenvalue weighted by Gasteiger charge is -2.06. The van der Waals surface area contributed by atoms with E-state index in [0.29, 0.717) is 11.1 Å². The monoisotopic (exact) mass is 393 g/mol. The molecule has 0 fully saturated rings. The van der Waals surface area contributed by atoms with E-state index in [0.717, 1.165) is 24.3 Å². The number of hydrogen-bond acceptors (Lipinski definition) is 5. The number of Topliss-reactive ketones (excluding diaryl/α,β-unsaturated/α-hetero) is 1. The van der Waals surface area contributed by atoms with Gasteiger partial charge in [0.15, 0.2) is 6.61 Å². The van der Waals surface area contributed by atoms with Gasteiger partial charge in [0.2, 0.25) is 5.78 Å². The van der Waals surface area contributed by atoms with Gasteiger partial charge in [-0.05, 0) is 30.7 Å². The average Bonchev–Trinajstić information content (AvgIpc) is 2.64. The molecule has 0 saturated carbocycles. The van der Waals surface area contributed by atoms with Crippen molar-refractivity contribution in [3.05, 3.63) is 80.9 Å². The molecule has 146 valence electrons. The summed E-state index contributed by atoms with van der Waals surface area (Å²) >= 11 is 0. The molecule has 2 aromatic carbocycles. The van der Waals surface area contributed by atoms with Crippen molar-refractivity contribution in [2.75, 3.05) is 6.61 Å². The van der Waals surface area contributed by atoms with Gasteiger partial charge in [-0.15, -0.1) is 0 Å². The lowest BCUT2D eigenvalue weighted by atomic mass is 10.1. The van der Waals surface area contributed by atoms with Crippen molar-refractivity contribution in [2.24, 2.45) is 0 Å². The Labute approximate surface area is 157 Å². The van der Waals surface area contributed by atoms with Crippen LogP contribution in [-0.4, -0.2) is 23.3 Å². The second kappa shape index (κ2) is 8.47. The van der Waals surface area contributed by atoms with E-state index in [1.807, 2.05) is 0 Å². The van der Waals surface area contributed by atoms with Gasteiger partial charge in [0, 0.05) is 23.3 Å². The fourth-order valence-corrected chi connectivity index (χ4v) is 2.20. The van der Waals surface area contributed by atoms with Crippen LogP contribution in [0.1, 0.15) is 27.0 Å². The van der Waals surface area contributed by atoms with Crippen LogP contribution < -0.4 is 0 Å². The maximum Gasteiger partial charge on any atom is 0.416 e. The van der Waals surface area contributed by atoms with E-state index in [4.69, 9.17) is 4.74 Å². The van der Waals surface area contributed by atoms with Gasteiger partial charge in [-0.25, -0.2) is 4.79 Å². The topological polar surface area (TPSA) is 86.5 Å². The number of esters is 1. The molecule has 6 nitrogen and oxygen atoms in total. The Morgan fingerprint density at radius 2 is 1.79 bits per heavy atom. The highest BCUT2D eigenvalue weighted by Crippen LogP contribution is 2.29. The molecule has 0 unspecified atom stereocenters. The number of aryl methyl sites for hydroxylation is 1. The minimum absolute atomic E-state index is 0.0248. The van der Waals surface area contributed by atoms with Crippen molar-refractivity contribution in [3.63, 3.8) is 0 Å². The summed E-state index contributed by atoms with van der Waals surface area (Å²) in [7, 11) is 0. The Balaban J connectivity index is 1.95. The van der Waals surface area contributed by atoms with Crippen molar-refractivity contribution < 1.29 is 32.4 Å². The van der Waals surface area contributed by atoms with E-state index < -0.39 is 35.0 Å². The normalized spacial score (nSPS) is 11.4. The molecule has 0 heterocycles. The smallest absolute Gasteiger partial charge is 0.416 e. The van der Waals surface area contributed by atoms with Crippen molar-refractivity contribution >= 4 is 23.5 Å². The van der Waals surface area contributed by atoms with Gasteiger partial charge in [0.05, 0.1) is 10.5 Å². The van der Waals surface area contributed by atoms with Crippen LogP contribution in [0.25, 0.3) is 6.08 Å². The molecule has 2 rings (SSSR count). The summed E-state index contributed by atoms with van der Waals surface area (Å²) in [6.45, 7) is 0.898. The lowest BCUT2D eigenvalue weighted by Crippen LogP contribution is -2.13. The SMILES string of the molecule is Cc1ccc(C(=O)COC(=O)/C=C/c2ccc(C(F)(F)F)cc2)cc1[N+](=O)[O-]. The molecule has 0 saturated heterocycles. The minimum Gasteiger partial charge on any atom is -0.454 e. The molecule has 0 aromatic heterocycles. The van der Waals surface area contributed by atoms with Gasteiger partial charge in [-0.3, -0.25) is 14.9 Å². The molecule has 28 heavy (non-hydrogen) atoms. The zero-order chi connectivity index (χ0) is 20.9. The number of benzene rings is 2. The van der Waals surface area contributed by atoms with E-state index in [9.17, 15) is 32.9 Å². The molecule has 0 N–H and O–H groups in total. The molecule has 9 heteroatoms. The highest BCUT2D eigenvalue weighted by atomic mass is 19.4. The van der Waals surface area contributed by atoms with Crippen LogP contribution in [0.3, 0.4) is 0 Å². The second-order valence-electron chi connectivity index (χ2n) is 5.74. The molecule has 0 atom stereocenters. The summed E-state index contributed by atoms with van der Waals surface area (Å²) in [5, 5.41) is 10.9. The van der Waals surface area contributed by atoms with Gasteiger partial charge in [-0.1, -0.05) is 24.3 Å². The first-order valence-electron chi connectivity index (χ1n) is 7.88. The van der Waals surface area contributed by atoms with Crippen LogP contribution in [0.2, 0.25) is 0 Å². The highest BCUT2D eigenvalue weighted by molar-refractivity contribution is 5.99. The predicted octanol–water partition coefficient (Wildman–Crippen LogP) is 4.36. The van der Waals surface area contributed by atoms with Crippen LogP contribution in [0.4, 0.5) is 18.9 Å². The number of halogens is 3. The van der Waals surface area contributed by atoms with E-state index >= 15 is 0 Å². The van der Waals surface area contributed by atoms with Crippen molar-refractivity contribution in [3.8, 4) is 0 Å². The van der Waals surface area contributed by atoms with Crippen LogP contribution in [-0.2, 0) is 15.7 Å². The van der Waals surface area contributed by atoms with Crippen molar-refractivity contribution in [1.29, 1.82) is 0 Å². The molecule has 0 amide bonds. The zero-order valence-corrected chi connectivity index (χ0v) is 14.5. The Morgan fingerprint density at radius 1 is 1.14 bits per heavy atom. The maximum atomic E-state index is 12.5. The Kier molecular flexibility index (Phi) is 6.29.